The molecule has 1 N–H and O–H groups in total. The van der Waals surface area contributed by atoms with Gasteiger partial charge in [-0.15, -0.1) is 0 Å². The molecule has 4 amide bonds. The van der Waals surface area contributed by atoms with Crippen LogP contribution in [-0.2, 0) is 16.1 Å². The van der Waals surface area contributed by atoms with Crippen molar-refractivity contribution in [1.29, 1.82) is 0 Å². The molecule has 1 aromatic rings. The summed E-state index contributed by atoms with van der Waals surface area (Å²) < 4.78 is 0. The fourth-order valence-corrected chi connectivity index (χ4v) is 4.71. The molecule has 2 atom stereocenters. The Morgan fingerprint density at radius 3 is 2.63 bits per heavy atom. The maximum atomic E-state index is 13.3. The van der Waals surface area contributed by atoms with Gasteiger partial charge >= 0.3 is 6.03 Å². The Balaban J connectivity index is 1.67. The predicted molar refractivity (Wildman–Crippen MR) is 117 cm³/mol. The van der Waals surface area contributed by atoms with E-state index in [1.807, 2.05) is 43.0 Å². The van der Waals surface area contributed by atoms with Crippen LogP contribution in [0, 0.1) is 5.92 Å². The number of urea groups is 1. The molecular weight excluding hydrogens is 402 g/mol. The maximum Gasteiger partial charge on any atom is 0.327 e. The molecule has 0 spiro atoms. The molecular formula is C23H32ClN3O3. The molecule has 3 rings (SSSR count). The van der Waals surface area contributed by atoms with E-state index >= 15 is 0 Å². The summed E-state index contributed by atoms with van der Waals surface area (Å²) in [5.74, 6) is -0.177. The topological polar surface area (TPSA) is 69.7 Å². The summed E-state index contributed by atoms with van der Waals surface area (Å²) >= 11 is 6.34. The molecule has 6 nitrogen and oxygen atoms in total. The standard InChI is InChI=1S/C23H32ClN3O3/c1-16(2)25-21(28)13-7-8-14-26-22(29)18-10-4-6-12-20(18)27(23(26)30)15-17-9-3-5-11-19(17)24/h3,5,9,11,16,18,20H,4,6-8,10,12-15H2,1-2H3,(H,25,28). The Morgan fingerprint density at radius 1 is 1.17 bits per heavy atom. The molecule has 1 aliphatic heterocycles. The molecule has 1 saturated carbocycles. The van der Waals surface area contributed by atoms with E-state index in [0.717, 1.165) is 31.2 Å². The summed E-state index contributed by atoms with van der Waals surface area (Å²) in [4.78, 5) is 41.5. The maximum absolute atomic E-state index is 13.3. The number of carbonyl (C=O) groups excluding carboxylic acids is 3. The van der Waals surface area contributed by atoms with Gasteiger partial charge in [0, 0.05) is 36.6 Å². The number of hydrogen-bond donors (Lipinski definition) is 1. The number of nitrogens with zero attached hydrogens (tertiary/aromatic N) is 2. The summed E-state index contributed by atoms with van der Waals surface area (Å²) in [6.07, 6.45) is 5.41. The normalized spacial score (nSPS) is 21.7. The van der Waals surface area contributed by atoms with Crippen molar-refractivity contribution in [2.24, 2.45) is 5.92 Å². The summed E-state index contributed by atoms with van der Waals surface area (Å²) in [6, 6.07) is 7.38. The first-order valence-electron chi connectivity index (χ1n) is 11.0. The van der Waals surface area contributed by atoms with Gasteiger partial charge in [-0.1, -0.05) is 42.6 Å². The van der Waals surface area contributed by atoms with Gasteiger partial charge in [0.1, 0.15) is 0 Å². The van der Waals surface area contributed by atoms with Crippen LogP contribution in [0.3, 0.4) is 0 Å². The van der Waals surface area contributed by atoms with Crippen molar-refractivity contribution in [1.82, 2.24) is 15.1 Å². The lowest BCUT2D eigenvalue weighted by molar-refractivity contribution is -0.140. The van der Waals surface area contributed by atoms with Gasteiger partial charge in [-0.2, -0.15) is 0 Å². The zero-order chi connectivity index (χ0) is 21.7. The highest BCUT2D eigenvalue weighted by Gasteiger charge is 2.46. The quantitative estimate of drug-likeness (QED) is 0.619. The minimum Gasteiger partial charge on any atom is -0.354 e. The van der Waals surface area contributed by atoms with Gasteiger partial charge in [-0.05, 0) is 51.2 Å². The smallest absolute Gasteiger partial charge is 0.327 e. The minimum atomic E-state index is -0.227. The molecule has 2 aliphatic rings. The van der Waals surface area contributed by atoms with Gasteiger partial charge in [-0.25, -0.2) is 4.79 Å². The van der Waals surface area contributed by atoms with E-state index in [9.17, 15) is 14.4 Å². The van der Waals surface area contributed by atoms with Crippen molar-refractivity contribution < 1.29 is 14.4 Å². The Kier molecular flexibility index (Phi) is 7.75. The largest absolute Gasteiger partial charge is 0.354 e. The monoisotopic (exact) mass is 433 g/mol. The van der Waals surface area contributed by atoms with Gasteiger partial charge in [0.05, 0.1) is 5.92 Å². The fourth-order valence-electron chi connectivity index (χ4n) is 4.51. The summed E-state index contributed by atoms with van der Waals surface area (Å²) in [5, 5.41) is 3.50. The number of benzene rings is 1. The lowest BCUT2D eigenvalue weighted by atomic mass is 9.81. The molecule has 1 heterocycles. The van der Waals surface area contributed by atoms with Crippen LogP contribution in [-0.4, -0.2) is 46.3 Å². The van der Waals surface area contributed by atoms with E-state index in [0.29, 0.717) is 37.4 Å². The van der Waals surface area contributed by atoms with Crippen LogP contribution in [0.1, 0.15) is 64.4 Å². The third-order valence-corrected chi connectivity index (χ3v) is 6.34. The highest BCUT2D eigenvalue weighted by Crippen LogP contribution is 2.36. The molecule has 1 saturated heterocycles. The highest BCUT2D eigenvalue weighted by atomic mass is 35.5. The first-order chi connectivity index (χ1) is 14.4. The van der Waals surface area contributed by atoms with Crippen LogP contribution in [0.2, 0.25) is 5.02 Å². The zero-order valence-electron chi connectivity index (χ0n) is 17.9. The second-order valence-electron chi connectivity index (χ2n) is 8.63. The average Bonchev–Trinajstić information content (AvgIpc) is 2.71. The zero-order valence-corrected chi connectivity index (χ0v) is 18.7. The highest BCUT2D eigenvalue weighted by molar-refractivity contribution is 6.31. The van der Waals surface area contributed by atoms with Crippen molar-refractivity contribution in [3.05, 3.63) is 34.9 Å². The van der Waals surface area contributed by atoms with Gasteiger partial charge in [0.2, 0.25) is 11.8 Å². The third kappa shape index (κ3) is 5.34. The first-order valence-corrected chi connectivity index (χ1v) is 11.4. The molecule has 0 radical (unpaired) electrons. The van der Waals surface area contributed by atoms with Crippen LogP contribution >= 0.6 is 11.6 Å². The van der Waals surface area contributed by atoms with Crippen molar-refractivity contribution in [3.8, 4) is 0 Å². The number of unbranched alkanes of at least 4 members (excludes halogenated alkanes) is 1. The summed E-state index contributed by atoms with van der Waals surface area (Å²) in [7, 11) is 0. The number of imide groups is 1. The molecule has 2 unspecified atom stereocenters. The van der Waals surface area contributed by atoms with Crippen molar-refractivity contribution >= 4 is 29.4 Å². The van der Waals surface area contributed by atoms with Crippen molar-refractivity contribution in [2.75, 3.05) is 6.54 Å². The summed E-state index contributed by atoms with van der Waals surface area (Å²) in [5.41, 5.74) is 0.900. The molecule has 7 heteroatoms. The number of amides is 4. The van der Waals surface area contributed by atoms with E-state index in [1.165, 1.54) is 4.90 Å². The second-order valence-corrected chi connectivity index (χ2v) is 9.04. The van der Waals surface area contributed by atoms with Gasteiger partial charge in [-0.3, -0.25) is 14.5 Å². The number of fused-ring (bicyclic) bond motifs is 1. The Hall–Kier alpha value is -2.08. The number of halogens is 1. The SMILES string of the molecule is CC(C)NC(=O)CCCCN1C(=O)C2CCCCC2N(Cc2ccccc2Cl)C1=O. The molecule has 1 aromatic carbocycles. The summed E-state index contributed by atoms with van der Waals surface area (Å²) in [6.45, 7) is 4.63. The van der Waals surface area contributed by atoms with Crippen LogP contribution in [0.4, 0.5) is 4.79 Å². The van der Waals surface area contributed by atoms with Gasteiger partial charge in [0.25, 0.3) is 0 Å². The predicted octanol–water partition coefficient (Wildman–Crippen LogP) is 4.36. The van der Waals surface area contributed by atoms with E-state index in [1.54, 1.807) is 0 Å². The Bertz CT molecular complexity index is 783. The lowest BCUT2D eigenvalue weighted by Gasteiger charge is -2.47. The van der Waals surface area contributed by atoms with Gasteiger partial charge < -0.3 is 10.2 Å². The fraction of sp³-hybridized carbons (Fsp3) is 0.609. The van der Waals surface area contributed by atoms with Crippen LogP contribution in [0.25, 0.3) is 0 Å². The Morgan fingerprint density at radius 2 is 1.90 bits per heavy atom. The number of nitrogens with one attached hydrogen (secondary N) is 1. The molecule has 2 fully saturated rings. The van der Waals surface area contributed by atoms with Crippen LogP contribution < -0.4 is 5.32 Å². The number of rotatable bonds is 8. The minimum absolute atomic E-state index is 0.00832. The van der Waals surface area contributed by atoms with E-state index < -0.39 is 0 Å². The molecule has 1 aliphatic carbocycles. The van der Waals surface area contributed by atoms with E-state index in [2.05, 4.69) is 5.32 Å². The van der Waals surface area contributed by atoms with E-state index in [4.69, 9.17) is 11.6 Å². The van der Waals surface area contributed by atoms with Crippen molar-refractivity contribution in [2.45, 2.75) is 77.4 Å². The molecule has 0 bridgehead atoms. The lowest BCUT2D eigenvalue weighted by Crippen LogP contribution is -2.62. The molecule has 164 valence electrons. The van der Waals surface area contributed by atoms with Crippen LogP contribution in [0.5, 0.6) is 0 Å². The molecule has 0 aromatic heterocycles. The van der Waals surface area contributed by atoms with Gasteiger partial charge in [0.15, 0.2) is 0 Å². The first kappa shape index (κ1) is 22.6. The van der Waals surface area contributed by atoms with E-state index in [-0.39, 0.29) is 35.8 Å². The Labute approximate surface area is 183 Å². The average molecular weight is 434 g/mol. The number of hydrogen-bond acceptors (Lipinski definition) is 3. The second kappa shape index (κ2) is 10.3. The van der Waals surface area contributed by atoms with Crippen LogP contribution in [0.15, 0.2) is 24.3 Å². The number of carbonyl (C=O) groups is 3. The molecule has 30 heavy (non-hydrogen) atoms. The third-order valence-electron chi connectivity index (χ3n) is 5.97. The van der Waals surface area contributed by atoms with Crippen molar-refractivity contribution in [3.63, 3.8) is 0 Å².